The van der Waals surface area contributed by atoms with Crippen molar-refractivity contribution in [3.63, 3.8) is 0 Å². The minimum Gasteiger partial charge on any atom is -0.462 e. The quantitative estimate of drug-likeness (QED) is 0.237. The van der Waals surface area contributed by atoms with E-state index in [1.165, 1.54) is 34.6 Å². The fourth-order valence-electron chi connectivity index (χ4n) is 8.79. The Kier molecular flexibility index (Phi) is 8.21. The molecule has 3 aliphatic carbocycles. The van der Waals surface area contributed by atoms with Gasteiger partial charge in [-0.15, -0.1) is 0 Å². The number of benzene rings is 1. The standard InChI is InChI=1S/C33H42O12/c1-16-21(37)14-32(30(5,6)40)24(16)25(38)27(44-19(4)36)31(7)22(42-17(2)34)13-23(43-18(3)35)33(15-41-28(32)26(31)33)45-29(39)20-11-9-8-10-12-20/h8-12,21-23,25-28,37-38,40H,13-15H2,1-7H3. The van der Waals surface area contributed by atoms with E-state index in [4.69, 9.17) is 23.7 Å². The number of aliphatic hydroxyl groups excluding tert-OH is 2. The van der Waals surface area contributed by atoms with Crippen molar-refractivity contribution in [3.05, 3.63) is 47.0 Å². The van der Waals surface area contributed by atoms with E-state index in [0.717, 1.165) is 0 Å². The molecule has 10 atom stereocenters. The van der Waals surface area contributed by atoms with Crippen molar-refractivity contribution in [1.82, 2.24) is 0 Å². The molecule has 5 rings (SSSR count). The number of fused-ring (bicyclic) bond motifs is 2. The summed E-state index contributed by atoms with van der Waals surface area (Å²) in [6.45, 7) is 9.60. The van der Waals surface area contributed by atoms with Gasteiger partial charge >= 0.3 is 23.9 Å². The Bertz CT molecular complexity index is 1410. The second-order valence-electron chi connectivity index (χ2n) is 13.5. The molecule has 0 amide bonds. The molecular weight excluding hydrogens is 588 g/mol. The lowest BCUT2D eigenvalue weighted by molar-refractivity contribution is -0.252. The molecule has 1 heterocycles. The third-order valence-electron chi connectivity index (χ3n) is 10.5. The summed E-state index contributed by atoms with van der Waals surface area (Å²) in [5.41, 5.74) is -5.72. The fraction of sp³-hybridized carbons (Fsp3) is 0.636. The number of ether oxygens (including phenoxy) is 5. The van der Waals surface area contributed by atoms with Crippen molar-refractivity contribution >= 4 is 23.9 Å². The summed E-state index contributed by atoms with van der Waals surface area (Å²) >= 11 is 0. The highest BCUT2D eigenvalue weighted by atomic mass is 16.6. The van der Waals surface area contributed by atoms with Crippen LogP contribution in [0, 0.1) is 16.7 Å². The molecule has 4 aliphatic rings. The summed E-state index contributed by atoms with van der Waals surface area (Å²) in [7, 11) is 0. The van der Waals surface area contributed by atoms with Gasteiger partial charge in [-0.1, -0.05) is 25.1 Å². The van der Waals surface area contributed by atoms with Gasteiger partial charge in [-0.25, -0.2) is 4.79 Å². The van der Waals surface area contributed by atoms with Crippen molar-refractivity contribution < 1.29 is 58.2 Å². The van der Waals surface area contributed by atoms with Crippen molar-refractivity contribution in [2.24, 2.45) is 16.7 Å². The molecule has 10 unspecified atom stereocenters. The molecule has 45 heavy (non-hydrogen) atoms. The van der Waals surface area contributed by atoms with Gasteiger partial charge in [0, 0.05) is 33.1 Å². The minimum atomic E-state index is -1.78. The zero-order valence-corrected chi connectivity index (χ0v) is 26.6. The average molecular weight is 631 g/mol. The van der Waals surface area contributed by atoms with Crippen LogP contribution in [0.1, 0.15) is 71.7 Å². The van der Waals surface area contributed by atoms with Gasteiger partial charge in [0.1, 0.15) is 24.4 Å². The lowest BCUT2D eigenvalue weighted by Gasteiger charge is -2.57. The molecule has 246 valence electrons. The topological polar surface area (TPSA) is 175 Å². The predicted molar refractivity (Wildman–Crippen MR) is 155 cm³/mol. The third-order valence-corrected chi connectivity index (χ3v) is 10.5. The molecule has 1 saturated heterocycles. The van der Waals surface area contributed by atoms with Gasteiger partial charge in [0.25, 0.3) is 0 Å². The van der Waals surface area contributed by atoms with Gasteiger partial charge in [-0.05, 0) is 50.5 Å². The molecule has 0 spiro atoms. The molecule has 0 bridgehead atoms. The van der Waals surface area contributed by atoms with Gasteiger partial charge in [-0.3, -0.25) is 14.4 Å². The Balaban J connectivity index is 1.86. The first-order valence-electron chi connectivity index (χ1n) is 15.1. The maximum atomic E-state index is 13.8. The Morgan fingerprint density at radius 1 is 0.933 bits per heavy atom. The van der Waals surface area contributed by atoms with E-state index in [1.54, 1.807) is 44.2 Å². The Morgan fingerprint density at radius 2 is 1.51 bits per heavy atom. The average Bonchev–Trinajstić information content (AvgIpc) is 3.44. The van der Waals surface area contributed by atoms with E-state index < -0.39 is 88.5 Å². The van der Waals surface area contributed by atoms with Crippen molar-refractivity contribution in [3.8, 4) is 0 Å². The van der Waals surface area contributed by atoms with Crippen LogP contribution in [0.5, 0.6) is 0 Å². The zero-order chi connectivity index (χ0) is 33.3. The second kappa shape index (κ2) is 11.2. The van der Waals surface area contributed by atoms with E-state index >= 15 is 0 Å². The van der Waals surface area contributed by atoms with E-state index in [9.17, 15) is 34.5 Å². The van der Waals surface area contributed by atoms with E-state index in [-0.39, 0.29) is 30.6 Å². The predicted octanol–water partition coefficient (Wildman–Crippen LogP) is 2.02. The van der Waals surface area contributed by atoms with Crippen LogP contribution in [-0.2, 0) is 38.1 Å². The smallest absolute Gasteiger partial charge is 0.338 e. The van der Waals surface area contributed by atoms with Crippen LogP contribution < -0.4 is 0 Å². The van der Waals surface area contributed by atoms with Gasteiger partial charge in [0.2, 0.25) is 0 Å². The highest BCUT2D eigenvalue weighted by Crippen LogP contribution is 2.69. The lowest BCUT2D eigenvalue weighted by Crippen LogP contribution is -2.71. The molecule has 0 radical (unpaired) electrons. The Morgan fingerprint density at radius 3 is 2.07 bits per heavy atom. The van der Waals surface area contributed by atoms with Crippen LogP contribution in [0.25, 0.3) is 0 Å². The number of carbonyl (C=O) groups is 4. The van der Waals surface area contributed by atoms with E-state index in [0.29, 0.717) is 5.57 Å². The van der Waals surface area contributed by atoms with Crippen LogP contribution in [0.15, 0.2) is 41.5 Å². The van der Waals surface area contributed by atoms with Crippen LogP contribution in [0.4, 0.5) is 0 Å². The summed E-state index contributed by atoms with van der Waals surface area (Å²) < 4.78 is 30.6. The maximum absolute atomic E-state index is 13.8. The SMILES string of the molecule is CC(=O)OC1CC(OC(C)=O)C2(C)C(OC(C)=O)C(O)C3=C(C)C(O)CC3(C(C)(C)O)C3OCC1(OC(=O)c1ccccc1)C32. The minimum absolute atomic E-state index is 0.0854. The molecule has 0 aromatic heterocycles. The molecule has 12 heteroatoms. The third kappa shape index (κ3) is 4.88. The number of hydrogen-bond acceptors (Lipinski definition) is 12. The molecule has 1 aliphatic heterocycles. The number of esters is 4. The van der Waals surface area contributed by atoms with Gasteiger partial charge in [-0.2, -0.15) is 0 Å². The normalized spacial score (nSPS) is 38.8. The number of carbonyl (C=O) groups excluding carboxylic acids is 4. The summed E-state index contributed by atoms with van der Waals surface area (Å²) in [6.07, 6.45) is -7.93. The largest absolute Gasteiger partial charge is 0.462 e. The fourth-order valence-corrected chi connectivity index (χ4v) is 8.79. The molecule has 2 saturated carbocycles. The molecule has 3 fully saturated rings. The molecule has 3 N–H and O–H groups in total. The molecular formula is C33H42O12. The van der Waals surface area contributed by atoms with Crippen LogP contribution in [0.3, 0.4) is 0 Å². The summed E-state index contributed by atoms with van der Waals surface area (Å²) in [5, 5.41) is 35.5. The summed E-state index contributed by atoms with van der Waals surface area (Å²) in [4.78, 5) is 51.7. The molecule has 1 aromatic carbocycles. The van der Waals surface area contributed by atoms with Crippen molar-refractivity contribution in [2.75, 3.05) is 6.61 Å². The van der Waals surface area contributed by atoms with Crippen LogP contribution in [0.2, 0.25) is 0 Å². The van der Waals surface area contributed by atoms with Crippen LogP contribution in [-0.4, -0.2) is 93.6 Å². The highest BCUT2D eigenvalue weighted by Gasteiger charge is 2.80. The number of rotatable bonds is 6. The lowest BCUT2D eigenvalue weighted by atomic mass is 9.52. The Labute approximate surface area is 261 Å². The zero-order valence-electron chi connectivity index (χ0n) is 26.6. The number of hydrogen-bond donors (Lipinski definition) is 3. The molecule has 1 aromatic rings. The molecule has 12 nitrogen and oxygen atoms in total. The maximum Gasteiger partial charge on any atom is 0.338 e. The van der Waals surface area contributed by atoms with E-state index in [1.807, 2.05) is 0 Å². The van der Waals surface area contributed by atoms with Gasteiger partial charge in [0.05, 0.1) is 40.8 Å². The monoisotopic (exact) mass is 630 g/mol. The van der Waals surface area contributed by atoms with E-state index in [2.05, 4.69) is 0 Å². The first-order chi connectivity index (χ1) is 20.9. The second-order valence-corrected chi connectivity index (χ2v) is 13.5. The van der Waals surface area contributed by atoms with Gasteiger partial charge in [0.15, 0.2) is 5.60 Å². The number of aliphatic hydroxyl groups is 3. The van der Waals surface area contributed by atoms with Crippen LogP contribution >= 0.6 is 0 Å². The first kappa shape index (κ1) is 33.1. The summed E-state index contributed by atoms with van der Waals surface area (Å²) in [6, 6.07) is 8.18. The highest BCUT2D eigenvalue weighted by molar-refractivity contribution is 5.89. The van der Waals surface area contributed by atoms with Crippen molar-refractivity contribution in [2.45, 2.75) is 109 Å². The Hall–Kier alpha value is -3.32. The van der Waals surface area contributed by atoms with Crippen molar-refractivity contribution in [1.29, 1.82) is 0 Å². The first-order valence-corrected chi connectivity index (χ1v) is 15.1. The van der Waals surface area contributed by atoms with Gasteiger partial charge < -0.3 is 39.0 Å². The summed E-state index contributed by atoms with van der Waals surface area (Å²) in [5.74, 6) is -4.01.